The minimum absolute atomic E-state index is 0.267. The predicted octanol–water partition coefficient (Wildman–Crippen LogP) is 0.880. The smallest absolute Gasteiger partial charge is 0.288 e. The lowest BCUT2D eigenvalue weighted by Gasteiger charge is -2.15. The molecular formula is C9H15NO2. The van der Waals surface area contributed by atoms with Crippen molar-refractivity contribution in [3.63, 3.8) is 0 Å². The first-order valence-corrected chi connectivity index (χ1v) is 4.26. The monoisotopic (exact) mass is 169 g/mol. The zero-order valence-electron chi connectivity index (χ0n) is 7.81. The van der Waals surface area contributed by atoms with Crippen LogP contribution in [0.5, 0.6) is 0 Å². The molecule has 68 valence electrons. The first-order valence-electron chi connectivity index (χ1n) is 4.26. The lowest BCUT2D eigenvalue weighted by Crippen LogP contribution is -2.39. The molecule has 1 aliphatic rings. The molecule has 1 amide bonds. The number of nitrogens with one attached hydrogen (secondary N) is 1. The molecule has 0 spiro atoms. The fourth-order valence-corrected chi connectivity index (χ4v) is 0.819. The van der Waals surface area contributed by atoms with E-state index in [1.807, 2.05) is 0 Å². The molecule has 0 atom stereocenters. The summed E-state index contributed by atoms with van der Waals surface area (Å²) in [6.07, 6.45) is 2.03. The Morgan fingerprint density at radius 1 is 1.25 bits per heavy atom. The fraction of sp³-hybridized carbons (Fsp3) is 0.778. The van der Waals surface area contributed by atoms with Crippen LogP contribution in [-0.2, 0) is 9.59 Å². The first-order chi connectivity index (χ1) is 5.41. The maximum absolute atomic E-state index is 11.3. The molecule has 0 saturated heterocycles. The van der Waals surface area contributed by atoms with Crippen LogP contribution in [-0.4, -0.2) is 17.7 Å². The van der Waals surface area contributed by atoms with Crippen LogP contribution < -0.4 is 5.32 Å². The van der Waals surface area contributed by atoms with Crippen molar-refractivity contribution in [3.05, 3.63) is 0 Å². The highest BCUT2D eigenvalue weighted by Gasteiger charge is 2.32. The molecule has 0 aliphatic heterocycles. The molecule has 1 rings (SSSR count). The minimum atomic E-state index is -0.557. The normalized spacial score (nSPS) is 17.2. The third-order valence-corrected chi connectivity index (χ3v) is 1.80. The number of ketones is 1. The van der Waals surface area contributed by atoms with E-state index in [0.29, 0.717) is 0 Å². The predicted molar refractivity (Wildman–Crippen MR) is 45.6 cm³/mol. The first kappa shape index (κ1) is 9.23. The van der Waals surface area contributed by atoms with Crippen LogP contribution in [0.2, 0.25) is 0 Å². The quantitative estimate of drug-likeness (QED) is 0.624. The van der Waals surface area contributed by atoms with Gasteiger partial charge < -0.3 is 5.32 Å². The molecule has 1 aliphatic carbocycles. The summed E-state index contributed by atoms with van der Waals surface area (Å²) >= 11 is 0. The third-order valence-electron chi connectivity index (χ3n) is 1.80. The molecule has 1 N–H and O–H groups in total. The summed E-state index contributed by atoms with van der Waals surface area (Å²) in [4.78, 5) is 22.5. The number of amides is 1. The van der Waals surface area contributed by atoms with Gasteiger partial charge in [-0.05, 0) is 12.8 Å². The van der Waals surface area contributed by atoms with Crippen LogP contribution in [0, 0.1) is 5.41 Å². The standard InChI is InChI=1S/C9H15NO2/c1-9(2,3)7(11)8(12)10-6-4-5-6/h6H,4-5H2,1-3H3,(H,10,12). The fourth-order valence-electron chi connectivity index (χ4n) is 0.819. The van der Waals surface area contributed by atoms with E-state index < -0.39 is 11.3 Å². The van der Waals surface area contributed by atoms with Crippen LogP contribution in [0.4, 0.5) is 0 Å². The maximum atomic E-state index is 11.3. The van der Waals surface area contributed by atoms with E-state index in [9.17, 15) is 9.59 Å². The molecule has 3 nitrogen and oxygen atoms in total. The van der Waals surface area contributed by atoms with E-state index in [0.717, 1.165) is 12.8 Å². The van der Waals surface area contributed by atoms with E-state index in [1.165, 1.54) is 0 Å². The van der Waals surface area contributed by atoms with Gasteiger partial charge in [-0.15, -0.1) is 0 Å². The zero-order chi connectivity index (χ0) is 9.35. The lowest BCUT2D eigenvalue weighted by atomic mass is 9.90. The summed E-state index contributed by atoms with van der Waals surface area (Å²) < 4.78 is 0. The van der Waals surface area contributed by atoms with Crippen LogP contribution >= 0.6 is 0 Å². The Labute approximate surface area is 72.5 Å². The Hall–Kier alpha value is -0.860. The van der Waals surface area contributed by atoms with Gasteiger partial charge in [0.15, 0.2) is 0 Å². The van der Waals surface area contributed by atoms with Crippen LogP contribution in [0.3, 0.4) is 0 Å². The summed E-state index contributed by atoms with van der Waals surface area (Å²) in [5.41, 5.74) is -0.557. The van der Waals surface area contributed by atoms with Crippen molar-refractivity contribution in [3.8, 4) is 0 Å². The second-order valence-corrected chi connectivity index (χ2v) is 4.33. The number of hydrogen-bond donors (Lipinski definition) is 1. The van der Waals surface area contributed by atoms with E-state index in [4.69, 9.17) is 0 Å². The molecule has 3 heteroatoms. The maximum Gasteiger partial charge on any atom is 0.288 e. The molecule has 0 aromatic carbocycles. The molecule has 0 heterocycles. The largest absolute Gasteiger partial charge is 0.347 e. The highest BCUT2D eigenvalue weighted by molar-refractivity contribution is 6.38. The van der Waals surface area contributed by atoms with Crippen molar-refractivity contribution < 1.29 is 9.59 Å². The Bertz CT molecular complexity index is 211. The summed E-state index contributed by atoms with van der Waals surface area (Å²) in [6.45, 7) is 5.26. The summed E-state index contributed by atoms with van der Waals surface area (Å²) in [6, 6.07) is 0.267. The molecule has 0 unspecified atom stereocenters. The van der Waals surface area contributed by atoms with Gasteiger partial charge in [0.1, 0.15) is 0 Å². The van der Waals surface area contributed by atoms with Gasteiger partial charge in [-0.2, -0.15) is 0 Å². The topological polar surface area (TPSA) is 46.2 Å². The summed E-state index contributed by atoms with van der Waals surface area (Å²) in [7, 11) is 0. The number of Topliss-reactive ketones (excluding diaryl/α,β-unsaturated/α-hetero) is 1. The number of rotatable bonds is 2. The van der Waals surface area contributed by atoms with Crippen molar-refractivity contribution in [1.82, 2.24) is 5.32 Å². The molecular weight excluding hydrogens is 154 g/mol. The van der Waals surface area contributed by atoms with Crippen LogP contribution in [0.1, 0.15) is 33.6 Å². The lowest BCUT2D eigenvalue weighted by molar-refractivity contribution is -0.142. The molecule has 1 saturated carbocycles. The van der Waals surface area contributed by atoms with Gasteiger partial charge in [0, 0.05) is 11.5 Å². The Kier molecular flexibility index (Phi) is 2.22. The second kappa shape index (κ2) is 2.88. The summed E-state index contributed by atoms with van der Waals surface area (Å²) in [5.74, 6) is -0.751. The molecule has 1 fully saturated rings. The van der Waals surface area contributed by atoms with E-state index >= 15 is 0 Å². The average Bonchev–Trinajstić information content (AvgIpc) is 2.68. The van der Waals surface area contributed by atoms with Gasteiger partial charge in [-0.25, -0.2) is 0 Å². The van der Waals surface area contributed by atoms with E-state index in [1.54, 1.807) is 20.8 Å². The van der Waals surface area contributed by atoms with Crippen LogP contribution in [0.25, 0.3) is 0 Å². The zero-order valence-corrected chi connectivity index (χ0v) is 7.81. The molecule has 0 bridgehead atoms. The Morgan fingerprint density at radius 3 is 2.08 bits per heavy atom. The Balaban J connectivity index is 2.45. The molecule has 12 heavy (non-hydrogen) atoms. The van der Waals surface area contributed by atoms with Gasteiger partial charge in [-0.3, -0.25) is 9.59 Å². The van der Waals surface area contributed by atoms with Crippen molar-refractivity contribution in [1.29, 1.82) is 0 Å². The van der Waals surface area contributed by atoms with Crippen molar-refractivity contribution in [2.75, 3.05) is 0 Å². The van der Waals surface area contributed by atoms with Gasteiger partial charge in [0.2, 0.25) is 5.78 Å². The van der Waals surface area contributed by atoms with Crippen molar-refractivity contribution in [2.45, 2.75) is 39.7 Å². The highest BCUT2D eigenvalue weighted by atomic mass is 16.2. The average molecular weight is 169 g/mol. The van der Waals surface area contributed by atoms with Gasteiger partial charge in [0.25, 0.3) is 5.91 Å². The number of carbonyl (C=O) groups is 2. The van der Waals surface area contributed by atoms with Crippen molar-refractivity contribution >= 4 is 11.7 Å². The van der Waals surface area contributed by atoms with Crippen molar-refractivity contribution in [2.24, 2.45) is 5.41 Å². The van der Waals surface area contributed by atoms with Crippen LogP contribution in [0.15, 0.2) is 0 Å². The van der Waals surface area contributed by atoms with E-state index in [-0.39, 0.29) is 11.8 Å². The minimum Gasteiger partial charge on any atom is -0.347 e. The third kappa shape index (κ3) is 2.32. The summed E-state index contributed by atoms with van der Waals surface area (Å²) in [5, 5.41) is 2.67. The number of hydrogen-bond acceptors (Lipinski definition) is 2. The molecule has 0 aromatic heterocycles. The Morgan fingerprint density at radius 2 is 1.75 bits per heavy atom. The van der Waals surface area contributed by atoms with Gasteiger partial charge >= 0.3 is 0 Å². The second-order valence-electron chi connectivity index (χ2n) is 4.33. The molecule has 0 aromatic rings. The van der Waals surface area contributed by atoms with E-state index in [2.05, 4.69) is 5.32 Å². The van der Waals surface area contributed by atoms with Gasteiger partial charge in [0.05, 0.1) is 0 Å². The van der Waals surface area contributed by atoms with Gasteiger partial charge in [-0.1, -0.05) is 20.8 Å². The molecule has 0 radical (unpaired) electrons. The number of carbonyl (C=O) groups excluding carboxylic acids is 2. The highest BCUT2D eigenvalue weighted by Crippen LogP contribution is 2.20. The SMILES string of the molecule is CC(C)(C)C(=O)C(=O)NC1CC1.